The summed E-state index contributed by atoms with van der Waals surface area (Å²) in [6, 6.07) is 2.65. The second-order valence-corrected chi connectivity index (χ2v) is 10.9. The summed E-state index contributed by atoms with van der Waals surface area (Å²) in [5.74, 6) is 0.0474. The fraction of sp³-hybridized carbons (Fsp3) is 0.731. The lowest BCUT2D eigenvalue weighted by Gasteiger charge is -2.60. The minimum Gasteiger partial charge on any atom is -0.478 e. The van der Waals surface area contributed by atoms with Crippen LogP contribution >= 0.6 is 0 Å². The number of hydrogen-bond acceptors (Lipinski definition) is 7. The number of carboxylic acid groups (broad SMARTS) is 2. The van der Waals surface area contributed by atoms with Crippen molar-refractivity contribution in [1.82, 2.24) is 0 Å². The van der Waals surface area contributed by atoms with Gasteiger partial charge in [-0.1, -0.05) is 19.0 Å². The maximum absolute atomic E-state index is 12.6. The van der Waals surface area contributed by atoms with Gasteiger partial charge in [0.05, 0.1) is 17.7 Å². The van der Waals surface area contributed by atoms with Crippen molar-refractivity contribution in [3.8, 4) is 6.07 Å². The Morgan fingerprint density at radius 2 is 1.83 bits per heavy atom. The Balaban J connectivity index is 0.000000371. The topological polar surface area (TPSA) is 163 Å². The minimum atomic E-state index is -1.26. The van der Waals surface area contributed by atoms with E-state index in [0.29, 0.717) is 54.8 Å². The molecule has 9 heteroatoms. The van der Waals surface area contributed by atoms with Gasteiger partial charge in [0.1, 0.15) is 12.4 Å². The Morgan fingerprint density at radius 3 is 2.43 bits per heavy atom. The molecule has 0 aromatic rings. The fourth-order valence-corrected chi connectivity index (χ4v) is 7.47. The zero-order valence-corrected chi connectivity index (χ0v) is 20.6. The number of hydrogen-bond donors (Lipinski definition) is 3. The molecule has 0 spiro atoms. The molecular weight excluding hydrogens is 450 g/mol. The third-order valence-electron chi connectivity index (χ3n) is 9.20. The van der Waals surface area contributed by atoms with E-state index in [1.807, 2.05) is 0 Å². The molecular formula is C26H37N3O6. The van der Waals surface area contributed by atoms with E-state index in [2.05, 4.69) is 25.1 Å². The van der Waals surface area contributed by atoms with Crippen LogP contribution in [-0.4, -0.2) is 46.8 Å². The molecule has 4 fully saturated rings. The van der Waals surface area contributed by atoms with Crippen molar-refractivity contribution in [1.29, 1.82) is 5.26 Å². The maximum Gasteiger partial charge on any atom is 0.328 e. The number of carbonyl (C=O) groups is 3. The quantitative estimate of drug-likeness (QED) is 0.302. The van der Waals surface area contributed by atoms with Gasteiger partial charge in [-0.2, -0.15) is 5.26 Å². The van der Waals surface area contributed by atoms with Gasteiger partial charge in [-0.3, -0.25) is 4.79 Å². The normalized spacial score (nSPS) is 39.0. The first-order valence-electron chi connectivity index (χ1n) is 12.5. The van der Waals surface area contributed by atoms with Crippen LogP contribution in [0.3, 0.4) is 0 Å². The number of nitrogens with zero attached hydrogens (tertiary/aromatic N) is 2. The van der Waals surface area contributed by atoms with Gasteiger partial charge < -0.3 is 20.8 Å². The van der Waals surface area contributed by atoms with Crippen molar-refractivity contribution in [2.45, 2.75) is 65.2 Å². The van der Waals surface area contributed by atoms with Crippen LogP contribution in [-0.2, 0) is 19.2 Å². The zero-order chi connectivity index (χ0) is 25.8. The van der Waals surface area contributed by atoms with E-state index in [0.717, 1.165) is 57.1 Å². The van der Waals surface area contributed by atoms with Crippen molar-refractivity contribution in [2.24, 2.45) is 51.3 Å². The van der Waals surface area contributed by atoms with Crippen LogP contribution in [0.25, 0.3) is 0 Å². The molecule has 35 heavy (non-hydrogen) atoms. The average Bonchev–Trinajstić information content (AvgIpc) is 3.12. The number of rotatable bonds is 5. The highest BCUT2D eigenvalue weighted by Crippen LogP contribution is 2.66. The molecule has 0 amide bonds. The van der Waals surface area contributed by atoms with Crippen molar-refractivity contribution >= 4 is 23.4 Å². The predicted octanol–water partition coefficient (Wildman–Crippen LogP) is 3.39. The van der Waals surface area contributed by atoms with Crippen LogP contribution in [0.4, 0.5) is 0 Å². The van der Waals surface area contributed by atoms with Gasteiger partial charge >= 0.3 is 11.9 Å². The summed E-state index contributed by atoms with van der Waals surface area (Å²) in [5, 5.41) is 29.9. The number of Topliss-reactive ketones (excluding diaryl/α,β-unsaturated/α-hetero) is 1. The zero-order valence-electron chi connectivity index (χ0n) is 20.6. The maximum atomic E-state index is 12.6. The lowest BCUT2D eigenvalue weighted by Crippen LogP contribution is -2.56. The predicted molar refractivity (Wildman–Crippen MR) is 128 cm³/mol. The molecule has 0 aromatic heterocycles. The Bertz CT molecular complexity index is 924. The van der Waals surface area contributed by atoms with Crippen LogP contribution in [0.5, 0.6) is 0 Å². The molecule has 0 aromatic carbocycles. The fourth-order valence-electron chi connectivity index (χ4n) is 7.47. The summed E-state index contributed by atoms with van der Waals surface area (Å²) in [6.45, 7) is 5.56. The molecule has 0 radical (unpaired) electrons. The Labute approximate surface area is 206 Å². The highest BCUT2D eigenvalue weighted by molar-refractivity contribution is 5.89. The molecule has 0 saturated heterocycles. The monoisotopic (exact) mass is 487 g/mol. The molecule has 4 saturated carbocycles. The Hall–Kier alpha value is -2.73. The number of nitriles is 1. The highest BCUT2D eigenvalue weighted by atomic mass is 16.6. The molecule has 0 aliphatic heterocycles. The summed E-state index contributed by atoms with van der Waals surface area (Å²) in [5.41, 5.74) is 6.65. The van der Waals surface area contributed by atoms with Gasteiger partial charge in [-0.25, -0.2) is 9.59 Å². The Kier molecular flexibility index (Phi) is 8.37. The molecule has 0 bridgehead atoms. The number of carbonyl (C=O) groups excluding carboxylic acids is 1. The molecule has 4 aliphatic carbocycles. The van der Waals surface area contributed by atoms with Crippen molar-refractivity contribution in [2.75, 3.05) is 13.2 Å². The number of aliphatic carboxylic acids is 2. The smallest absolute Gasteiger partial charge is 0.328 e. The largest absolute Gasteiger partial charge is 0.478 e. The first kappa shape index (κ1) is 26.9. The van der Waals surface area contributed by atoms with Gasteiger partial charge in [0, 0.05) is 30.5 Å². The van der Waals surface area contributed by atoms with E-state index < -0.39 is 11.9 Å². The first-order valence-corrected chi connectivity index (χ1v) is 12.5. The van der Waals surface area contributed by atoms with E-state index in [1.165, 1.54) is 0 Å². The molecule has 1 unspecified atom stereocenters. The average molecular weight is 488 g/mol. The summed E-state index contributed by atoms with van der Waals surface area (Å²) >= 11 is 0. The van der Waals surface area contributed by atoms with Gasteiger partial charge in [0.15, 0.2) is 0 Å². The van der Waals surface area contributed by atoms with Gasteiger partial charge in [-0.05, 0) is 74.0 Å². The third kappa shape index (κ3) is 5.43. The SMILES string of the molecule is C[C@]12CC/C(=N/OCCN)CC1[C@@H](C#N)C[C@@H]1[C@@H]2CC[C@]2(C)C(=O)CC[C@@H]12.O=C(O)/C=C/C(=O)O. The number of oxime groups is 1. The number of fused-ring (bicyclic) bond motifs is 5. The van der Waals surface area contributed by atoms with E-state index in [1.54, 1.807) is 0 Å². The third-order valence-corrected chi connectivity index (χ3v) is 9.20. The Morgan fingerprint density at radius 1 is 1.14 bits per heavy atom. The summed E-state index contributed by atoms with van der Waals surface area (Å²) in [7, 11) is 0. The number of nitrogens with two attached hydrogens (primary N) is 1. The molecule has 192 valence electrons. The molecule has 9 nitrogen and oxygen atoms in total. The van der Waals surface area contributed by atoms with Crippen LogP contribution < -0.4 is 5.73 Å². The minimum absolute atomic E-state index is 0.0642. The second-order valence-electron chi connectivity index (χ2n) is 10.9. The number of ketones is 1. The molecule has 7 atom stereocenters. The van der Waals surface area contributed by atoms with Gasteiger partial charge in [0.2, 0.25) is 0 Å². The molecule has 4 rings (SSSR count). The number of carboxylic acids is 2. The van der Waals surface area contributed by atoms with Crippen molar-refractivity contribution in [3.63, 3.8) is 0 Å². The lowest BCUT2D eigenvalue weighted by molar-refractivity contribution is -0.139. The standard InChI is InChI=1S/C22H33N3O2.C4H4O4/c1-21-7-5-15(25-27-10-9-23)12-19(21)14(13-24)11-16-17-3-4-20(26)22(17,2)8-6-18(16)21;5-3(6)1-2-4(7)8/h14,16-19H,3-12,23H2,1-2H3;1-2H,(H,5,6)(H,7,8)/b25-15-;2-1+/t14-,16+,17+,18+,19?,21-,22+;/m1./s1. The first-order chi connectivity index (χ1) is 16.6. The van der Waals surface area contributed by atoms with E-state index >= 15 is 0 Å². The molecule has 0 heterocycles. The van der Waals surface area contributed by atoms with E-state index in [4.69, 9.17) is 20.8 Å². The van der Waals surface area contributed by atoms with Crippen LogP contribution in [0.2, 0.25) is 0 Å². The summed E-state index contributed by atoms with van der Waals surface area (Å²) < 4.78 is 0. The lowest BCUT2D eigenvalue weighted by atomic mass is 9.43. The van der Waals surface area contributed by atoms with Crippen molar-refractivity contribution in [3.05, 3.63) is 12.2 Å². The van der Waals surface area contributed by atoms with Crippen LogP contribution in [0.15, 0.2) is 17.3 Å². The van der Waals surface area contributed by atoms with E-state index in [-0.39, 0.29) is 16.7 Å². The second kappa shape index (κ2) is 10.9. The summed E-state index contributed by atoms with van der Waals surface area (Å²) in [6.07, 6.45) is 8.97. The van der Waals surface area contributed by atoms with Gasteiger partial charge in [0.25, 0.3) is 0 Å². The van der Waals surface area contributed by atoms with Gasteiger partial charge in [-0.15, -0.1) is 0 Å². The molecule has 4 aliphatic rings. The van der Waals surface area contributed by atoms with E-state index in [9.17, 15) is 19.6 Å². The highest BCUT2D eigenvalue weighted by Gasteiger charge is 2.62. The van der Waals surface area contributed by atoms with Crippen LogP contribution in [0, 0.1) is 51.8 Å². The molecule has 4 N–H and O–H groups in total. The van der Waals surface area contributed by atoms with Crippen LogP contribution in [0.1, 0.15) is 65.2 Å². The van der Waals surface area contributed by atoms with Crippen molar-refractivity contribution < 1.29 is 29.4 Å². The summed E-state index contributed by atoms with van der Waals surface area (Å²) in [4.78, 5) is 37.0.